The van der Waals surface area contributed by atoms with Gasteiger partial charge in [-0.2, -0.15) is 0 Å². The van der Waals surface area contributed by atoms with Crippen molar-refractivity contribution in [2.24, 2.45) is 0 Å². The molecular weight excluding hydrogens is 358 g/mol. The fourth-order valence-electron chi connectivity index (χ4n) is 2.48. The minimum absolute atomic E-state index is 0.0958. The van der Waals surface area contributed by atoms with Gasteiger partial charge >= 0.3 is 0 Å². The molecule has 1 amide bonds. The second-order valence-corrected chi connectivity index (χ2v) is 7.45. The van der Waals surface area contributed by atoms with Crippen LogP contribution in [0.1, 0.15) is 11.8 Å². The molecule has 0 saturated carbocycles. The van der Waals surface area contributed by atoms with Gasteiger partial charge in [-0.25, -0.2) is 9.97 Å². The maximum absolute atomic E-state index is 12.2. The Labute approximate surface area is 152 Å². The molecule has 0 atom stereocenters. The molecule has 2 aromatic heterocycles. The Morgan fingerprint density at radius 3 is 3.04 bits per heavy atom. The van der Waals surface area contributed by atoms with Crippen LogP contribution in [0.25, 0.3) is 10.2 Å². The largest absolute Gasteiger partial charge is 0.454 e. The standard InChI is InChI=1S/C17H15N3O3S2/c1-2-11-6-12-16(18-8-19-17(12)25-11)24-7-15(21)20-10-3-4-13-14(5-10)23-9-22-13/h3-6,8H,2,7,9H2,1H3,(H,20,21). The van der Waals surface area contributed by atoms with Crippen molar-refractivity contribution < 1.29 is 14.3 Å². The van der Waals surface area contributed by atoms with Crippen LogP contribution in [0.4, 0.5) is 5.69 Å². The number of rotatable bonds is 5. The van der Waals surface area contributed by atoms with Gasteiger partial charge < -0.3 is 14.8 Å². The Bertz CT molecular complexity index is 942. The van der Waals surface area contributed by atoms with Crippen LogP contribution in [-0.4, -0.2) is 28.4 Å². The Balaban J connectivity index is 1.43. The van der Waals surface area contributed by atoms with E-state index in [1.807, 2.05) is 0 Å². The maximum Gasteiger partial charge on any atom is 0.234 e. The van der Waals surface area contributed by atoms with E-state index in [1.54, 1.807) is 35.9 Å². The predicted molar refractivity (Wildman–Crippen MR) is 98.7 cm³/mol. The first kappa shape index (κ1) is 16.2. The normalized spacial score (nSPS) is 12.5. The molecule has 0 spiro atoms. The quantitative estimate of drug-likeness (QED) is 0.543. The summed E-state index contributed by atoms with van der Waals surface area (Å²) in [7, 11) is 0. The summed E-state index contributed by atoms with van der Waals surface area (Å²) in [6, 6.07) is 7.46. The molecule has 25 heavy (non-hydrogen) atoms. The molecule has 4 rings (SSSR count). The molecule has 128 valence electrons. The van der Waals surface area contributed by atoms with E-state index in [2.05, 4.69) is 28.3 Å². The molecule has 1 N–H and O–H groups in total. The number of anilines is 1. The van der Waals surface area contributed by atoms with Crippen LogP contribution in [0, 0.1) is 0 Å². The first-order valence-electron chi connectivity index (χ1n) is 7.78. The van der Waals surface area contributed by atoms with Crippen LogP contribution >= 0.6 is 23.1 Å². The van der Waals surface area contributed by atoms with E-state index in [0.29, 0.717) is 17.2 Å². The smallest absolute Gasteiger partial charge is 0.234 e. The van der Waals surface area contributed by atoms with Gasteiger partial charge in [-0.05, 0) is 24.6 Å². The zero-order valence-electron chi connectivity index (χ0n) is 13.4. The maximum atomic E-state index is 12.2. The fourth-order valence-corrected chi connectivity index (χ4v) is 4.25. The van der Waals surface area contributed by atoms with E-state index >= 15 is 0 Å². The molecule has 0 bridgehead atoms. The van der Waals surface area contributed by atoms with Crippen molar-refractivity contribution >= 4 is 44.9 Å². The molecule has 3 heterocycles. The third kappa shape index (κ3) is 3.40. The predicted octanol–water partition coefficient (Wildman–Crippen LogP) is 3.71. The number of ether oxygens (including phenoxy) is 2. The molecule has 0 aliphatic carbocycles. The number of hydrogen-bond acceptors (Lipinski definition) is 7. The average Bonchev–Trinajstić information content (AvgIpc) is 3.25. The first-order chi connectivity index (χ1) is 12.2. The van der Waals surface area contributed by atoms with Crippen LogP contribution in [0.15, 0.2) is 35.6 Å². The first-order valence-corrected chi connectivity index (χ1v) is 9.59. The Kier molecular flexibility index (Phi) is 4.46. The van der Waals surface area contributed by atoms with Gasteiger partial charge in [0.25, 0.3) is 0 Å². The van der Waals surface area contributed by atoms with Gasteiger partial charge in [-0.3, -0.25) is 4.79 Å². The lowest BCUT2D eigenvalue weighted by Crippen LogP contribution is -2.14. The van der Waals surface area contributed by atoms with Crippen LogP contribution in [0.5, 0.6) is 11.5 Å². The Morgan fingerprint density at radius 1 is 1.28 bits per heavy atom. The highest BCUT2D eigenvalue weighted by atomic mass is 32.2. The number of fused-ring (bicyclic) bond motifs is 2. The number of nitrogens with zero attached hydrogens (tertiary/aromatic N) is 2. The lowest BCUT2D eigenvalue weighted by Gasteiger charge is -2.06. The number of aryl methyl sites for hydroxylation is 1. The summed E-state index contributed by atoms with van der Waals surface area (Å²) < 4.78 is 10.6. The van der Waals surface area contributed by atoms with Crippen LogP contribution < -0.4 is 14.8 Å². The minimum atomic E-state index is -0.0958. The summed E-state index contributed by atoms with van der Waals surface area (Å²) >= 11 is 3.08. The summed E-state index contributed by atoms with van der Waals surface area (Å²) in [5, 5.41) is 4.72. The zero-order chi connectivity index (χ0) is 17.2. The SMILES string of the molecule is CCc1cc2c(SCC(=O)Nc3ccc4c(c3)OCO4)ncnc2s1. The van der Waals surface area contributed by atoms with Crippen LogP contribution in [0.2, 0.25) is 0 Å². The third-order valence-corrected chi connectivity index (χ3v) is 5.88. The van der Waals surface area contributed by atoms with Crippen molar-refractivity contribution in [2.45, 2.75) is 18.4 Å². The highest BCUT2D eigenvalue weighted by Gasteiger charge is 2.15. The number of hydrogen-bond donors (Lipinski definition) is 1. The lowest BCUT2D eigenvalue weighted by atomic mass is 10.3. The number of amides is 1. The van der Waals surface area contributed by atoms with E-state index < -0.39 is 0 Å². The van der Waals surface area contributed by atoms with Gasteiger partial charge in [-0.1, -0.05) is 18.7 Å². The number of carbonyl (C=O) groups is 1. The number of aromatic nitrogens is 2. The number of carbonyl (C=O) groups excluding carboxylic acids is 1. The minimum Gasteiger partial charge on any atom is -0.454 e. The molecule has 1 aliphatic rings. The third-order valence-electron chi connectivity index (χ3n) is 3.69. The molecule has 1 aliphatic heterocycles. The monoisotopic (exact) mass is 373 g/mol. The number of thiophene rings is 1. The lowest BCUT2D eigenvalue weighted by molar-refractivity contribution is -0.113. The molecular formula is C17H15N3O3S2. The average molecular weight is 373 g/mol. The van der Waals surface area contributed by atoms with E-state index in [1.165, 1.54) is 16.6 Å². The van der Waals surface area contributed by atoms with E-state index in [9.17, 15) is 4.79 Å². The van der Waals surface area contributed by atoms with Gasteiger partial charge in [0.15, 0.2) is 11.5 Å². The van der Waals surface area contributed by atoms with Crippen LogP contribution in [-0.2, 0) is 11.2 Å². The molecule has 0 unspecified atom stereocenters. The molecule has 1 aromatic carbocycles. The van der Waals surface area contributed by atoms with Crippen molar-refractivity contribution in [1.29, 1.82) is 0 Å². The van der Waals surface area contributed by atoms with Crippen molar-refractivity contribution in [3.63, 3.8) is 0 Å². The second-order valence-electron chi connectivity index (χ2n) is 5.37. The van der Waals surface area contributed by atoms with Gasteiger partial charge in [-0.15, -0.1) is 11.3 Å². The second kappa shape index (κ2) is 6.89. The van der Waals surface area contributed by atoms with Gasteiger partial charge in [0, 0.05) is 22.0 Å². The summed E-state index contributed by atoms with van der Waals surface area (Å²) in [4.78, 5) is 23.1. The summed E-state index contributed by atoms with van der Waals surface area (Å²) in [6.07, 6.45) is 2.52. The molecule has 0 fully saturated rings. The molecule has 3 aromatic rings. The Morgan fingerprint density at radius 2 is 2.16 bits per heavy atom. The number of nitrogens with one attached hydrogen (secondary N) is 1. The van der Waals surface area contributed by atoms with E-state index in [4.69, 9.17) is 9.47 Å². The Hall–Kier alpha value is -2.32. The molecule has 6 nitrogen and oxygen atoms in total. The van der Waals surface area contributed by atoms with E-state index in [0.717, 1.165) is 21.7 Å². The van der Waals surface area contributed by atoms with Gasteiger partial charge in [0.05, 0.1) is 5.75 Å². The molecule has 0 radical (unpaired) electrons. The molecule has 0 saturated heterocycles. The highest BCUT2D eigenvalue weighted by Crippen LogP contribution is 2.34. The molecule has 8 heteroatoms. The van der Waals surface area contributed by atoms with Gasteiger partial charge in [0.2, 0.25) is 12.7 Å². The van der Waals surface area contributed by atoms with Crippen molar-refractivity contribution in [1.82, 2.24) is 9.97 Å². The summed E-state index contributed by atoms with van der Waals surface area (Å²) in [6.45, 7) is 2.33. The van der Waals surface area contributed by atoms with Crippen LogP contribution in [0.3, 0.4) is 0 Å². The van der Waals surface area contributed by atoms with Crippen molar-refractivity contribution in [3.05, 3.63) is 35.5 Å². The summed E-state index contributed by atoms with van der Waals surface area (Å²) in [5.74, 6) is 1.52. The number of benzene rings is 1. The zero-order valence-corrected chi connectivity index (χ0v) is 15.1. The fraction of sp³-hybridized carbons (Fsp3) is 0.235. The van der Waals surface area contributed by atoms with Crippen molar-refractivity contribution in [2.75, 3.05) is 17.9 Å². The topological polar surface area (TPSA) is 73.3 Å². The van der Waals surface area contributed by atoms with E-state index in [-0.39, 0.29) is 18.5 Å². The summed E-state index contributed by atoms with van der Waals surface area (Å²) in [5.41, 5.74) is 0.687. The van der Waals surface area contributed by atoms with Gasteiger partial charge in [0.1, 0.15) is 16.2 Å². The van der Waals surface area contributed by atoms with Crippen molar-refractivity contribution in [3.8, 4) is 11.5 Å². The highest BCUT2D eigenvalue weighted by molar-refractivity contribution is 8.00. The number of thioether (sulfide) groups is 1.